The Balaban J connectivity index is 1.78. The molecule has 22 heavy (non-hydrogen) atoms. The van der Waals surface area contributed by atoms with Gasteiger partial charge in [0.2, 0.25) is 5.91 Å². The molecule has 0 saturated carbocycles. The summed E-state index contributed by atoms with van der Waals surface area (Å²) < 4.78 is 0. The topological polar surface area (TPSA) is 69.6 Å². The standard InChI is InChI=1S/C17H24N2O3/c1-13(18-17(22)15-5-3-2-4-6-15)11-16(21)19-9-7-14(12-20)8-10-19/h2-6,13-14,20H,7-12H2,1H3,(H,18,22). The molecular weight excluding hydrogens is 280 g/mol. The second-order valence-corrected chi connectivity index (χ2v) is 5.95. The molecule has 0 bridgehead atoms. The lowest BCUT2D eigenvalue weighted by Gasteiger charge is -2.32. The highest BCUT2D eigenvalue weighted by Crippen LogP contribution is 2.17. The van der Waals surface area contributed by atoms with Crippen LogP contribution in [-0.4, -0.2) is 47.6 Å². The molecule has 2 N–H and O–H groups in total. The van der Waals surface area contributed by atoms with E-state index in [0.717, 1.165) is 12.8 Å². The molecule has 1 aliphatic rings. The summed E-state index contributed by atoms with van der Waals surface area (Å²) in [5, 5.41) is 12.0. The maximum Gasteiger partial charge on any atom is 0.251 e. The van der Waals surface area contributed by atoms with Crippen LogP contribution in [0.15, 0.2) is 30.3 Å². The summed E-state index contributed by atoms with van der Waals surface area (Å²) in [5.41, 5.74) is 0.602. The molecular formula is C17H24N2O3. The number of carbonyl (C=O) groups excluding carboxylic acids is 2. The molecule has 1 aromatic carbocycles. The van der Waals surface area contributed by atoms with E-state index in [0.29, 0.717) is 31.0 Å². The third kappa shape index (κ3) is 4.56. The van der Waals surface area contributed by atoms with Gasteiger partial charge in [-0.3, -0.25) is 9.59 Å². The maximum atomic E-state index is 12.2. The fourth-order valence-corrected chi connectivity index (χ4v) is 2.70. The predicted octanol–water partition coefficient (Wildman–Crippen LogP) is 1.43. The average Bonchev–Trinajstić information content (AvgIpc) is 2.55. The normalized spacial score (nSPS) is 17.1. The lowest BCUT2D eigenvalue weighted by molar-refractivity contribution is -0.133. The van der Waals surface area contributed by atoms with E-state index in [-0.39, 0.29) is 24.5 Å². The van der Waals surface area contributed by atoms with Gasteiger partial charge in [-0.05, 0) is 37.8 Å². The number of aliphatic hydroxyl groups is 1. The highest BCUT2D eigenvalue weighted by Gasteiger charge is 2.23. The van der Waals surface area contributed by atoms with Crippen LogP contribution in [0.2, 0.25) is 0 Å². The molecule has 1 atom stereocenters. The summed E-state index contributed by atoms with van der Waals surface area (Å²) in [6, 6.07) is 8.80. The van der Waals surface area contributed by atoms with Crippen LogP contribution in [0, 0.1) is 5.92 Å². The zero-order valence-corrected chi connectivity index (χ0v) is 13.0. The summed E-state index contributed by atoms with van der Waals surface area (Å²) in [6.45, 7) is 3.44. The largest absolute Gasteiger partial charge is 0.396 e. The molecule has 0 spiro atoms. The van der Waals surface area contributed by atoms with Gasteiger partial charge >= 0.3 is 0 Å². The molecule has 1 heterocycles. The van der Waals surface area contributed by atoms with E-state index >= 15 is 0 Å². The zero-order valence-electron chi connectivity index (χ0n) is 13.0. The maximum absolute atomic E-state index is 12.2. The van der Waals surface area contributed by atoms with Gasteiger partial charge in [0.1, 0.15) is 0 Å². The molecule has 0 aromatic heterocycles. The lowest BCUT2D eigenvalue weighted by Crippen LogP contribution is -2.43. The minimum Gasteiger partial charge on any atom is -0.396 e. The van der Waals surface area contributed by atoms with Crippen LogP contribution in [-0.2, 0) is 4.79 Å². The first-order valence-electron chi connectivity index (χ1n) is 7.84. The number of carbonyl (C=O) groups is 2. The minimum atomic E-state index is -0.198. The molecule has 5 nitrogen and oxygen atoms in total. The highest BCUT2D eigenvalue weighted by molar-refractivity contribution is 5.94. The number of rotatable bonds is 5. The minimum absolute atomic E-state index is 0.0669. The van der Waals surface area contributed by atoms with E-state index in [4.69, 9.17) is 5.11 Å². The summed E-state index contributed by atoms with van der Waals surface area (Å²) in [5.74, 6) is 0.233. The Hall–Kier alpha value is -1.88. The quantitative estimate of drug-likeness (QED) is 0.864. The van der Waals surface area contributed by atoms with Crippen molar-refractivity contribution in [2.24, 2.45) is 5.92 Å². The van der Waals surface area contributed by atoms with Crippen molar-refractivity contribution in [2.75, 3.05) is 19.7 Å². The van der Waals surface area contributed by atoms with Crippen LogP contribution >= 0.6 is 0 Å². The predicted molar refractivity (Wildman–Crippen MR) is 84.4 cm³/mol. The molecule has 2 rings (SSSR count). The molecule has 1 unspecified atom stereocenters. The molecule has 5 heteroatoms. The van der Waals surface area contributed by atoms with Crippen molar-refractivity contribution in [3.05, 3.63) is 35.9 Å². The third-order valence-electron chi connectivity index (χ3n) is 4.12. The van der Waals surface area contributed by atoms with Crippen molar-refractivity contribution >= 4 is 11.8 Å². The monoisotopic (exact) mass is 304 g/mol. The van der Waals surface area contributed by atoms with Gasteiger partial charge in [0, 0.05) is 37.7 Å². The molecule has 1 aromatic rings. The number of hydrogen-bond donors (Lipinski definition) is 2. The Kier molecular flexibility index (Phi) is 5.95. The van der Waals surface area contributed by atoms with Crippen LogP contribution in [0.5, 0.6) is 0 Å². The highest BCUT2D eigenvalue weighted by atomic mass is 16.3. The van der Waals surface area contributed by atoms with Crippen LogP contribution in [0.1, 0.15) is 36.5 Å². The molecule has 120 valence electrons. The van der Waals surface area contributed by atoms with E-state index < -0.39 is 0 Å². The fraction of sp³-hybridized carbons (Fsp3) is 0.529. The van der Waals surface area contributed by atoms with Gasteiger partial charge in [-0.1, -0.05) is 18.2 Å². The number of nitrogens with zero attached hydrogens (tertiary/aromatic N) is 1. The lowest BCUT2D eigenvalue weighted by atomic mass is 9.97. The number of likely N-dealkylation sites (tertiary alicyclic amines) is 1. The summed E-state index contributed by atoms with van der Waals surface area (Å²) in [6.07, 6.45) is 2.02. The van der Waals surface area contributed by atoms with Gasteiger partial charge in [0.05, 0.1) is 0 Å². The van der Waals surface area contributed by atoms with Crippen molar-refractivity contribution in [3.63, 3.8) is 0 Å². The van der Waals surface area contributed by atoms with Crippen LogP contribution in [0.25, 0.3) is 0 Å². The van der Waals surface area contributed by atoms with E-state index in [1.54, 1.807) is 12.1 Å². The van der Waals surface area contributed by atoms with Gasteiger partial charge in [0.15, 0.2) is 0 Å². The Morgan fingerprint density at radius 1 is 1.27 bits per heavy atom. The van der Waals surface area contributed by atoms with E-state index in [2.05, 4.69) is 5.32 Å². The SMILES string of the molecule is CC(CC(=O)N1CCC(CO)CC1)NC(=O)c1ccccc1. The number of amides is 2. The Morgan fingerprint density at radius 2 is 1.91 bits per heavy atom. The summed E-state index contributed by atoms with van der Waals surface area (Å²) >= 11 is 0. The van der Waals surface area contributed by atoms with Crippen molar-refractivity contribution in [1.82, 2.24) is 10.2 Å². The molecule has 2 amide bonds. The van der Waals surface area contributed by atoms with Gasteiger partial charge in [-0.15, -0.1) is 0 Å². The van der Waals surface area contributed by atoms with Gasteiger partial charge < -0.3 is 15.3 Å². The first kappa shape index (κ1) is 16.5. The van der Waals surface area contributed by atoms with Crippen LogP contribution < -0.4 is 5.32 Å². The first-order chi connectivity index (χ1) is 10.6. The average molecular weight is 304 g/mol. The van der Waals surface area contributed by atoms with Gasteiger partial charge in [0.25, 0.3) is 5.91 Å². The molecule has 1 saturated heterocycles. The Morgan fingerprint density at radius 3 is 2.50 bits per heavy atom. The number of piperidine rings is 1. The molecule has 1 fully saturated rings. The van der Waals surface area contributed by atoms with Crippen LogP contribution in [0.4, 0.5) is 0 Å². The number of benzene rings is 1. The van der Waals surface area contributed by atoms with E-state index in [1.165, 1.54) is 0 Å². The van der Waals surface area contributed by atoms with Crippen molar-refractivity contribution in [3.8, 4) is 0 Å². The first-order valence-corrected chi connectivity index (χ1v) is 7.84. The number of aliphatic hydroxyl groups excluding tert-OH is 1. The second-order valence-electron chi connectivity index (χ2n) is 5.95. The van der Waals surface area contributed by atoms with E-state index in [1.807, 2.05) is 30.0 Å². The summed E-state index contributed by atoms with van der Waals surface area (Å²) in [4.78, 5) is 26.1. The molecule has 1 aliphatic heterocycles. The third-order valence-corrected chi connectivity index (χ3v) is 4.12. The van der Waals surface area contributed by atoms with Crippen molar-refractivity contribution in [1.29, 1.82) is 0 Å². The number of nitrogens with one attached hydrogen (secondary N) is 1. The van der Waals surface area contributed by atoms with Crippen molar-refractivity contribution in [2.45, 2.75) is 32.2 Å². The van der Waals surface area contributed by atoms with Gasteiger partial charge in [-0.2, -0.15) is 0 Å². The van der Waals surface area contributed by atoms with Crippen LogP contribution in [0.3, 0.4) is 0 Å². The molecule has 0 aliphatic carbocycles. The fourth-order valence-electron chi connectivity index (χ4n) is 2.70. The van der Waals surface area contributed by atoms with E-state index in [9.17, 15) is 9.59 Å². The number of hydrogen-bond acceptors (Lipinski definition) is 3. The zero-order chi connectivity index (χ0) is 15.9. The smallest absolute Gasteiger partial charge is 0.251 e. The Bertz CT molecular complexity index is 496. The van der Waals surface area contributed by atoms with Crippen molar-refractivity contribution < 1.29 is 14.7 Å². The van der Waals surface area contributed by atoms with Gasteiger partial charge in [-0.25, -0.2) is 0 Å². The summed E-state index contributed by atoms with van der Waals surface area (Å²) in [7, 11) is 0. The molecule has 0 radical (unpaired) electrons. The second kappa shape index (κ2) is 7.94. The Labute approximate surface area is 131 Å².